The Hall–Kier alpha value is -2.15. The molecule has 142 valence electrons. The van der Waals surface area contributed by atoms with E-state index in [4.69, 9.17) is 4.74 Å². The van der Waals surface area contributed by atoms with Gasteiger partial charge in [-0.1, -0.05) is 13.3 Å². The minimum absolute atomic E-state index is 0.122. The maximum Gasteiger partial charge on any atom is 0.251 e. The van der Waals surface area contributed by atoms with E-state index in [1.807, 2.05) is 41.1 Å². The molecule has 1 amide bonds. The van der Waals surface area contributed by atoms with E-state index in [-0.39, 0.29) is 5.91 Å². The quantitative estimate of drug-likeness (QED) is 0.496. The summed E-state index contributed by atoms with van der Waals surface area (Å²) in [5.41, 5.74) is 1.51. The second-order valence-electron chi connectivity index (χ2n) is 6.17. The first-order valence-corrected chi connectivity index (χ1v) is 10.7. The summed E-state index contributed by atoms with van der Waals surface area (Å²) in [4.78, 5) is 14.2. The SMILES string of the molecule is CCCCOc1ccc(C(=O)NCc2ccc(C(O)c3ccsc3)s2)cc1. The van der Waals surface area contributed by atoms with Gasteiger partial charge in [-0.3, -0.25) is 4.79 Å². The molecular weight excluding hydrogens is 378 g/mol. The van der Waals surface area contributed by atoms with Crippen LogP contribution in [-0.4, -0.2) is 17.6 Å². The molecule has 0 saturated heterocycles. The van der Waals surface area contributed by atoms with Crippen LogP contribution in [0.1, 0.15) is 51.5 Å². The largest absolute Gasteiger partial charge is 0.494 e. The Morgan fingerprint density at radius 3 is 2.70 bits per heavy atom. The summed E-state index contributed by atoms with van der Waals surface area (Å²) >= 11 is 3.08. The summed E-state index contributed by atoms with van der Waals surface area (Å²) in [7, 11) is 0. The van der Waals surface area contributed by atoms with Crippen molar-refractivity contribution in [1.82, 2.24) is 5.32 Å². The number of aliphatic hydroxyl groups excluding tert-OH is 1. The molecule has 0 bridgehead atoms. The zero-order chi connectivity index (χ0) is 19.1. The molecule has 2 aromatic heterocycles. The number of rotatable bonds is 9. The van der Waals surface area contributed by atoms with Crippen molar-refractivity contribution in [3.63, 3.8) is 0 Å². The van der Waals surface area contributed by atoms with E-state index in [2.05, 4.69) is 12.2 Å². The number of thiophene rings is 2. The Bertz CT molecular complexity index is 841. The fourth-order valence-electron chi connectivity index (χ4n) is 2.54. The van der Waals surface area contributed by atoms with E-state index < -0.39 is 6.10 Å². The summed E-state index contributed by atoms with van der Waals surface area (Å²) in [6.07, 6.45) is 1.51. The standard InChI is InChI=1S/C21H23NO3S2/c1-2-3-11-25-17-6-4-15(5-7-17)21(24)22-13-18-8-9-19(27-18)20(23)16-10-12-26-14-16/h4-10,12,14,20,23H,2-3,11,13H2,1H3,(H,22,24). The van der Waals surface area contributed by atoms with Crippen molar-refractivity contribution >= 4 is 28.6 Å². The fraction of sp³-hybridized carbons (Fsp3) is 0.286. The lowest BCUT2D eigenvalue weighted by molar-refractivity contribution is 0.0951. The highest BCUT2D eigenvalue weighted by Gasteiger charge is 2.14. The Morgan fingerprint density at radius 1 is 1.19 bits per heavy atom. The second-order valence-corrected chi connectivity index (χ2v) is 8.15. The van der Waals surface area contributed by atoms with Crippen molar-refractivity contribution in [2.24, 2.45) is 0 Å². The maximum atomic E-state index is 12.3. The molecule has 27 heavy (non-hydrogen) atoms. The number of aliphatic hydroxyl groups is 1. The smallest absolute Gasteiger partial charge is 0.251 e. The van der Waals surface area contributed by atoms with Gasteiger partial charge in [0.1, 0.15) is 11.9 Å². The van der Waals surface area contributed by atoms with E-state index in [9.17, 15) is 9.90 Å². The third-order valence-electron chi connectivity index (χ3n) is 4.12. The Morgan fingerprint density at radius 2 is 2.00 bits per heavy atom. The molecule has 2 N–H and O–H groups in total. The van der Waals surface area contributed by atoms with Crippen molar-refractivity contribution < 1.29 is 14.6 Å². The molecule has 3 aromatic rings. The molecule has 1 atom stereocenters. The van der Waals surface area contributed by atoms with E-state index in [0.717, 1.165) is 33.9 Å². The Balaban J connectivity index is 1.52. The van der Waals surface area contributed by atoms with Crippen molar-refractivity contribution in [2.75, 3.05) is 6.61 Å². The Kier molecular flexibility index (Phi) is 7.04. The number of amides is 1. The van der Waals surface area contributed by atoms with Crippen LogP contribution in [0.5, 0.6) is 5.75 Å². The van der Waals surface area contributed by atoms with Gasteiger partial charge in [0.05, 0.1) is 13.2 Å². The van der Waals surface area contributed by atoms with Crippen molar-refractivity contribution in [1.29, 1.82) is 0 Å². The van der Waals surface area contributed by atoms with Gasteiger partial charge in [0.2, 0.25) is 0 Å². The van der Waals surface area contributed by atoms with Crippen LogP contribution in [0.4, 0.5) is 0 Å². The van der Waals surface area contributed by atoms with Crippen LogP contribution in [0.3, 0.4) is 0 Å². The van der Waals surface area contributed by atoms with Crippen LogP contribution in [0.2, 0.25) is 0 Å². The highest BCUT2D eigenvalue weighted by molar-refractivity contribution is 7.12. The first kappa shape index (κ1) is 19.6. The fourth-order valence-corrected chi connectivity index (χ4v) is 4.18. The molecule has 4 nitrogen and oxygen atoms in total. The van der Waals surface area contributed by atoms with Gasteiger partial charge in [0, 0.05) is 15.3 Å². The zero-order valence-electron chi connectivity index (χ0n) is 15.2. The lowest BCUT2D eigenvalue weighted by Crippen LogP contribution is -2.22. The first-order valence-electron chi connectivity index (χ1n) is 8.97. The average Bonchev–Trinajstić information content (AvgIpc) is 3.38. The van der Waals surface area contributed by atoms with Gasteiger partial charge >= 0.3 is 0 Å². The minimum atomic E-state index is -0.606. The van der Waals surface area contributed by atoms with Crippen LogP contribution in [0, 0.1) is 0 Å². The third-order valence-corrected chi connectivity index (χ3v) is 5.96. The highest BCUT2D eigenvalue weighted by atomic mass is 32.1. The van der Waals surface area contributed by atoms with Gasteiger partial charge in [-0.2, -0.15) is 11.3 Å². The van der Waals surface area contributed by atoms with Gasteiger partial charge in [-0.15, -0.1) is 11.3 Å². The normalized spacial score (nSPS) is 11.9. The Labute approximate surface area is 167 Å². The molecule has 0 spiro atoms. The molecule has 0 aliphatic rings. The number of carbonyl (C=O) groups is 1. The predicted octanol–water partition coefficient (Wildman–Crippen LogP) is 5.00. The summed E-state index contributed by atoms with van der Waals surface area (Å²) in [6.45, 7) is 3.25. The summed E-state index contributed by atoms with van der Waals surface area (Å²) in [5.74, 6) is 0.661. The lowest BCUT2D eigenvalue weighted by atomic mass is 10.2. The molecule has 1 aromatic carbocycles. The van der Waals surface area contributed by atoms with E-state index >= 15 is 0 Å². The monoisotopic (exact) mass is 401 g/mol. The van der Waals surface area contributed by atoms with Gasteiger partial charge in [0.15, 0.2) is 0 Å². The van der Waals surface area contributed by atoms with E-state index in [1.54, 1.807) is 23.5 Å². The number of hydrogen-bond acceptors (Lipinski definition) is 5. The lowest BCUT2D eigenvalue weighted by Gasteiger charge is -2.07. The molecule has 1 unspecified atom stereocenters. The molecule has 0 saturated carbocycles. The van der Waals surface area contributed by atoms with E-state index in [0.29, 0.717) is 18.7 Å². The van der Waals surface area contributed by atoms with Crippen molar-refractivity contribution in [2.45, 2.75) is 32.4 Å². The van der Waals surface area contributed by atoms with Crippen LogP contribution in [-0.2, 0) is 6.54 Å². The zero-order valence-corrected chi connectivity index (χ0v) is 16.8. The van der Waals surface area contributed by atoms with E-state index in [1.165, 1.54) is 11.3 Å². The number of ether oxygens (including phenoxy) is 1. The number of unbranched alkanes of at least 4 members (excludes halogenated alkanes) is 1. The van der Waals surface area contributed by atoms with Gasteiger partial charge in [0.25, 0.3) is 5.91 Å². The van der Waals surface area contributed by atoms with Crippen molar-refractivity contribution in [3.8, 4) is 5.75 Å². The van der Waals surface area contributed by atoms with Gasteiger partial charge in [-0.05, 0) is 65.2 Å². The predicted molar refractivity (Wildman–Crippen MR) is 111 cm³/mol. The van der Waals surface area contributed by atoms with Crippen LogP contribution >= 0.6 is 22.7 Å². The topological polar surface area (TPSA) is 58.6 Å². The molecule has 0 radical (unpaired) electrons. The van der Waals surface area contributed by atoms with Gasteiger partial charge in [-0.25, -0.2) is 0 Å². The van der Waals surface area contributed by atoms with Crippen LogP contribution < -0.4 is 10.1 Å². The molecular formula is C21H23NO3S2. The van der Waals surface area contributed by atoms with Gasteiger partial charge < -0.3 is 15.2 Å². The number of benzene rings is 1. The summed E-state index contributed by atoms with van der Waals surface area (Å²) < 4.78 is 5.61. The van der Waals surface area contributed by atoms with Crippen LogP contribution in [0.25, 0.3) is 0 Å². The molecule has 0 aliphatic carbocycles. The molecule has 2 heterocycles. The number of hydrogen-bond donors (Lipinski definition) is 2. The second kappa shape index (κ2) is 9.69. The van der Waals surface area contributed by atoms with Crippen LogP contribution in [0.15, 0.2) is 53.2 Å². The molecule has 0 fully saturated rings. The number of nitrogens with one attached hydrogen (secondary N) is 1. The molecule has 3 rings (SSSR count). The molecule has 0 aliphatic heterocycles. The third kappa shape index (κ3) is 5.42. The first-order chi connectivity index (χ1) is 13.2. The van der Waals surface area contributed by atoms with Crippen molar-refractivity contribution in [3.05, 3.63) is 74.1 Å². The number of carbonyl (C=O) groups excluding carboxylic acids is 1. The maximum absolute atomic E-state index is 12.3. The summed E-state index contributed by atoms with van der Waals surface area (Å²) in [6, 6.07) is 13.0. The highest BCUT2D eigenvalue weighted by Crippen LogP contribution is 2.29. The average molecular weight is 402 g/mol. The minimum Gasteiger partial charge on any atom is -0.494 e. The summed E-state index contributed by atoms with van der Waals surface area (Å²) in [5, 5.41) is 17.2. The molecule has 6 heteroatoms.